The van der Waals surface area contributed by atoms with Crippen molar-refractivity contribution in [2.24, 2.45) is 0 Å². The lowest BCUT2D eigenvalue weighted by atomic mass is 10.1. The minimum Gasteiger partial charge on any atom is -0.497 e. The van der Waals surface area contributed by atoms with Crippen molar-refractivity contribution in [2.45, 2.75) is 0 Å². The number of halogens is 1. The summed E-state index contributed by atoms with van der Waals surface area (Å²) in [5.41, 5.74) is 4.40. The molecule has 5 rings (SSSR count). The normalized spacial score (nSPS) is 10.8. The smallest absolute Gasteiger partial charge is 0.119 e. The molecule has 0 N–H and O–H groups in total. The first-order valence-electron chi connectivity index (χ1n) is 10.7. The molecule has 0 unspecified atom stereocenters. The second kappa shape index (κ2) is 10.1. The van der Waals surface area contributed by atoms with Crippen LogP contribution in [0.1, 0.15) is 0 Å². The highest BCUT2D eigenvalue weighted by Gasteiger charge is 2.14. The molecule has 0 atom stereocenters. The van der Waals surface area contributed by atoms with Crippen LogP contribution < -0.4 is 14.4 Å². The van der Waals surface area contributed by atoms with Gasteiger partial charge in [-0.15, -0.1) is 22.7 Å². The van der Waals surface area contributed by atoms with E-state index in [0.717, 1.165) is 32.3 Å². The summed E-state index contributed by atoms with van der Waals surface area (Å²) in [4.78, 5) is 6.05. The van der Waals surface area contributed by atoms with Gasteiger partial charge in [-0.1, -0.05) is 12.1 Å². The van der Waals surface area contributed by atoms with Gasteiger partial charge in [0.25, 0.3) is 0 Å². The molecule has 0 saturated heterocycles. The number of methoxy groups -OCH3 is 2. The molecule has 0 spiro atoms. The number of thiophene rings is 2. The molecule has 0 fully saturated rings. The van der Waals surface area contributed by atoms with Crippen molar-refractivity contribution in [1.82, 2.24) is 0 Å². The van der Waals surface area contributed by atoms with E-state index >= 15 is 0 Å². The van der Waals surface area contributed by atoms with E-state index in [0.29, 0.717) is 0 Å². The number of hydrogen-bond donors (Lipinski definition) is 0. The molecule has 0 radical (unpaired) electrons. The topological polar surface area (TPSA) is 21.7 Å². The van der Waals surface area contributed by atoms with Crippen molar-refractivity contribution < 1.29 is 9.47 Å². The molecule has 34 heavy (non-hydrogen) atoms. The van der Waals surface area contributed by atoms with Crippen LogP contribution in [-0.2, 0) is 0 Å². The Hall–Kier alpha value is -3.06. The highest BCUT2D eigenvalue weighted by Crippen LogP contribution is 2.41. The number of anilines is 3. The molecule has 0 aliphatic carbocycles. The van der Waals surface area contributed by atoms with Crippen LogP contribution >= 0.6 is 38.6 Å². The minimum absolute atomic E-state index is 0.833. The van der Waals surface area contributed by atoms with Gasteiger partial charge in [-0.25, -0.2) is 0 Å². The molecule has 2 aromatic heterocycles. The maximum Gasteiger partial charge on any atom is 0.119 e. The summed E-state index contributed by atoms with van der Waals surface area (Å²) in [6.45, 7) is 0. The Kier molecular flexibility index (Phi) is 6.72. The Morgan fingerprint density at radius 2 is 0.971 bits per heavy atom. The first-order valence-corrected chi connectivity index (χ1v) is 13.1. The lowest BCUT2D eigenvalue weighted by molar-refractivity contribution is 0.415. The summed E-state index contributed by atoms with van der Waals surface area (Å²) >= 11 is 7.14. The lowest BCUT2D eigenvalue weighted by Crippen LogP contribution is -2.09. The van der Waals surface area contributed by atoms with Gasteiger partial charge in [0.05, 0.1) is 18.0 Å². The van der Waals surface area contributed by atoms with Crippen molar-refractivity contribution in [1.29, 1.82) is 0 Å². The molecule has 170 valence electrons. The number of hydrogen-bond acceptors (Lipinski definition) is 5. The van der Waals surface area contributed by atoms with Gasteiger partial charge in [-0.3, -0.25) is 0 Å². The fourth-order valence-corrected chi connectivity index (χ4v) is 6.24. The van der Waals surface area contributed by atoms with Crippen LogP contribution in [0.15, 0.2) is 101 Å². The van der Waals surface area contributed by atoms with Gasteiger partial charge in [0.1, 0.15) is 11.5 Å². The molecule has 2 heterocycles. The van der Waals surface area contributed by atoms with E-state index in [9.17, 15) is 0 Å². The second-order valence-electron chi connectivity index (χ2n) is 7.55. The van der Waals surface area contributed by atoms with Gasteiger partial charge in [0, 0.05) is 31.7 Å². The van der Waals surface area contributed by atoms with Crippen molar-refractivity contribution in [3.63, 3.8) is 0 Å². The minimum atomic E-state index is 0.833. The predicted molar refractivity (Wildman–Crippen MR) is 149 cm³/mol. The third-order valence-corrected chi connectivity index (χ3v) is 8.45. The van der Waals surface area contributed by atoms with Gasteiger partial charge < -0.3 is 14.4 Å². The lowest BCUT2D eigenvalue weighted by Gasteiger charge is -2.26. The maximum atomic E-state index is 5.35. The molecule has 0 saturated carbocycles. The Morgan fingerprint density at radius 1 is 0.529 bits per heavy atom. The van der Waals surface area contributed by atoms with E-state index in [1.54, 1.807) is 25.6 Å². The van der Waals surface area contributed by atoms with Crippen LogP contribution in [0.2, 0.25) is 0 Å². The molecule has 5 aromatic rings. The Labute approximate surface area is 216 Å². The molecule has 0 aliphatic heterocycles. The first kappa shape index (κ1) is 22.7. The highest BCUT2D eigenvalue weighted by atomic mass is 79.9. The average Bonchev–Trinajstić information content (AvgIpc) is 3.55. The third kappa shape index (κ3) is 4.75. The van der Waals surface area contributed by atoms with E-state index in [4.69, 9.17) is 9.47 Å². The van der Waals surface area contributed by atoms with Crippen molar-refractivity contribution in [3.8, 4) is 31.7 Å². The number of benzene rings is 3. The van der Waals surface area contributed by atoms with Crippen LogP contribution in [0.25, 0.3) is 20.2 Å². The Balaban J connectivity index is 1.48. The van der Waals surface area contributed by atoms with Crippen molar-refractivity contribution in [3.05, 3.63) is 101 Å². The van der Waals surface area contributed by atoms with Gasteiger partial charge >= 0.3 is 0 Å². The Morgan fingerprint density at radius 3 is 1.44 bits per heavy atom. The maximum absolute atomic E-state index is 5.35. The fraction of sp³-hybridized carbons (Fsp3) is 0.0714. The highest BCUT2D eigenvalue weighted by molar-refractivity contribution is 9.11. The van der Waals surface area contributed by atoms with Crippen LogP contribution in [0.3, 0.4) is 0 Å². The summed E-state index contributed by atoms with van der Waals surface area (Å²) in [7, 11) is 3.37. The van der Waals surface area contributed by atoms with Gasteiger partial charge in [-0.2, -0.15) is 0 Å². The van der Waals surface area contributed by atoms with E-state index in [-0.39, 0.29) is 0 Å². The van der Waals surface area contributed by atoms with Crippen LogP contribution in [0.4, 0.5) is 17.1 Å². The molecule has 3 aromatic carbocycles. The zero-order valence-corrected chi connectivity index (χ0v) is 21.9. The van der Waals surface area contributed by atoms with Crippen LogP contribution in [-0.4, -0.2) is 14.2 Å². The molecular formula is C28H22BrNO2S2. The molecule has 6 heteroatoms. The average molecular weight is 549 g/mol. The quantitative estimate of drug-likeness (QED) is 0.202. The van der Waals surface area contributed by atoms with Crippen molar-refractivity contribution in [2.75, 3.05) is 19.1 Å². The number of ether oxygens (including phenoxy) is 2. The first-order chi connectivity index (χ1) is 16.6. The molecule has 3 nitrogen and oxygen atoms in total. The van der Waals surface area contributed by atoms with Crippen LogP contribution in [0, 0.1) is 0 Å². The SMILES string of the molecule is COc1ccc(N(c2ccc(OC)cc2)c2ccc(-c3ccc(-c4ccc(Br)s4)s3)cc2)cc1. The number of nitrogens with zero attached hydrogens (tertiary/aromatic N) is 1. The molecular weight excluding hydrogens is 526 g/mol. The zero-order chi connectivity index (χ0) is 23.5. The second-order valence-corrected chi connectivity index (χ2v) is 11.1. The van der Waals surface area contributed by atoms with Crippen LogP contribution in [0.5, 0.6) is 11.5 Å². The molecule has 0 amide bonds. The summed E-state index contributed by atoms with van der Waals surface area (Å²) < 4.78 is 11.9. The monoisotopic (exact) mass is 547 g/mol. The zero-order valence-electron chi connectivity index (χ0n) is 18.7. The summed E-state index contributed by atoms with van der Waals surface area (Å²) in [6, 6.07) is 33.6. The number of rotatable bonds is 7. The summed E-state index contributed by atoms with van der Waals surface area (Å²) in [6.07, 6.45) is 0. The van der Waals surface area contributed by atoms with Gasteiger partial charge in [0.2, 0.25) is 0 Å². The van der Waals surface area contributed by atoms with Gasteiger partial charge in [0.15, 0.2) is 0 Å². The van der Waals surface area contributed by atoms with E-state index in [1.807, 2.05) is 35.6 Å². The standard InChI is InChI=1S/C28H22BrNO2S2/c1-31-23-11-7-21(8-12-23)30(22-9-13-24(32-2)14-10-22)20-5-3-19(4-6-20)25-15-16-26(33-25)27-17-18-28(29)34-27/h3-18H,1-2H3. The fourth-order valence-electron chi connectivity index (χ4n) is 3.76. The van der Waals surface area contributed by atoms with Gasteiger partial charge in [-0.05, 0) is 106 Å². The third-order valence-electron chi connectivity index (χ3n) is 5.49. The van der Waals surface area contributed by atoms with E-state index < -0.39 is 0 Å². The summed E-state index contributed by atoms with van der Waals surface area (Å²) in [5, 5.41) is 0. The summed E-state index contributed by atoms with van der Waals surface area (Å²) in [5.74, 6) is 1.67. The molecule has 0 aliphatic rings. The largest absolute Gasteiger partial charge is 0.497 e. The van der Waals surface area contributed by atoms with E-state index in [1.165, 1.54) is 20.2 Å². The van der Waals surface area contributed by atoms with Crippen molar-refractivity contribution >= 4 is 55.7 Å². The predicted octanol–water partition coefficient (Wildman–Crippen LogP) is 9.39. The molecule has 0 bridgehead atoms. The Bertz CT molecular complexity index is 1330. The van der Waals surface area contributed by atoms with E-state index in [2.05, 4.69) is 93.6 Å².